The molecule has 4 rings (SSSR count). The number of carbonyl (C=O) groups excluding carboxylic acids is 1. The zero-order chi connectivity index (χ0) is 21.5. The molecule has 2 N–H and O–H groups in total. The van der Waals surface area contributed by atoms with Gasteiger partial charge in [-0.1, -0.05) is 30.9 Å². The highest BCUT2D eigenvalue weighted by Crippen LogP contribution is 2.34. The van der Waals surface area contributed by atoms with Gasteiger partial charge in [0.25, 0.3) is 0 Å². The molecule has 0 aliphatic carbocycles. The van der Waals surface area contributed by atoms with Crippen molar-refractivity contribution in [2.75, 3.05) is 12.3 Å². The topological polar surface area (TPSA) is 83.0 Å². The highest BCUT2D eigenvalue weighted by atomic mass is 19.4. The lowest BCUT2D eigenvalue weighted by Crippen LogP contribution is -2.10. The summed E-state index contributed by atoms with van der Waals surface area (Å²) in [5.74, 6) is -0.888. The van der Waals surface area contributed by atoms with Crippen LogP contribution in [0.15, 0.2) is 61.2 Å². The third kappa shape index (κ3) is 3.24. The van der Waals surface area contributed by atoms with Crippen LogP contribution < -0.4 is 5.73 Å². The first-order valence-corrected chi connectivity index (χ1v) is 8.83. The number of halogens is 3. The molecule has 0 saturated heterocycles. The molecule has 2 aromatic carbocycles. The minimum atomic E-state index is -4.54. The molecule has 30 heavy (non-hydrogen) atoms. The summed E-state index contributed by atoms with van der Waals surface area (Å²) >= 11 is 0. The van der Waals surface area contributed by atoms with Crippen molar-refractivity contribution in [2.45, 2.75) is 6.18 Å². The predicted molar refractivity (Wildman–Crippen MR) is 106 cm³/mol. The zero-order valence-corrected chi connectivity index (χ0v) is 15.5. The summed E-state index contributed by atoms with van der Waals surface area (Å²) in [6, 6.07) is 11.5. The molecule has 152 valence electrons. The molecule has 0 spiro atoms. The van der Waals surface area contributed by atoms with E-state index in [4.69, 9.17) is 10.5 Å². The second kappa shape index (κ2) is 7.18. The van der Waals surface area contributed by atoms with E-state index in [1.165, 1.54) is 22.8 Å². The first-order valence-electron chi connectivity index (χ1n) is 8.83. The quantitative estimate of drug-likeness (QED) is 0.394. The Morgan fingerprint density at radius 2 is 1.83 bits per heavy atom. The van der Waals surface area contributed by atoms with Crippen LogP contribution in [0.5, 0.6) is 0 Å². The van der Waals surface area contributed by atoms with Gasteiger partial charge >= 0.3 is 12.1 Å². The standard InChI is InChI=1S/C21H15F3N4O2/c1-2-10-30-20(29)16-17-19(27-15-9-4-3-8-14(15)26-17)28(18(16)25)13-7-5-6-12(11-13)21(22,23)24/h2-9,11H,1,10,25H2. The zero-order valence-electron chi connectivity index (χ0n) is 15.5. The van der Waals surface area contributed by atoms with Crippen LogP contribution in [0.3, 0.4) is 0 Å². The van der Waals surface area contributed by atoms with Crippen LogP contribution >= 0.6 is 0 Å². The number of benzene rings is 2. The number of hydrogen-bond acceptors (Lipinski definition) is 5. The summed E-state index contributed by atoms with van der Waals surface area (Å²) in [4.78, 5) is 21.6. The van der Waals surface area contributed by atoms with E-state index >= 15 is 0 Å². The fourth-order valence-corrected chi connectivity index (χ4v) is 3.15. The lowest BCUT2D eigenvalue weighted by Gasteiger charge is -2.11. The van der Waals surface area contributed by atoms with Gasteiger partial charge in [0.1, 0.15) is 23.5 Å². The highest BCUT2D eigenvalue weighted by molar-refractivity contribution is 6.09. The third-order valence-corrected chi connectivity index (χ3v) is 4.47. The molecule has 0 amide bonds. The summed E-state index contributed by atoms with van der Waals surface area (Å²) in [5, 5.41) is 0. The van der Waals surface area contributed by atoms with Crippen molar-refractivity contribution in [3.63, 3.8) is 0 Å². The van der Waals surface area contributed by atoms with Gasteiger partial charge in [-0.25, -0.2) is 14.8 Å². The van der Waals surface area contributed by atoms with E-state index < -0.39 is 17.7 Å². The molecule has 0 fully saturated rings. The van der Waals surface area contributed by atoms with Crippen molar-refractivity contribution in [2.24, 2.45) is 0 Å². The number of alkyl halides is 3. The Morgan fingerprint density at radius 3 is 2.50 bits per heavy atom. The van der Waals surface area contributed by atoms with Crippen molar-refractivity contribution < 1.29 is 22.7 Å². The van der Waals surface area contributed by atoms with E-state index in [2.05, 4.69) is 16.5 Å². The largest absolute Gasteiger partial charge is 0.458 e. The number of nitrogens with zero attached hydrogens (tertiary/aromatic N) is 3. The van der Waals surface area contributed by atoms with Gasteiger partial charge in [-0.05, 0) is 30.3 Å². The highest BCUT2D eigenvalue weighted by Gasteiger charge is 2.31. The van der Waals surface area contributed by atoms with Crippen LogP contribution in [-0.4, -0.2) is 27.1 Å². The van der Waals surface area contributed by atoms with Crippen LogP contribution in [0.1, 0.15) is 15.9 Å². The van der Waals surface area contributed by atoms with Crippen LogP contribution in [0.4, 0.5) is 19.0 Å². The Kier molecular flexibility index (Phi) is 4.65. The van der Waals surface area contributed by atoms with Crippen LogP contribution in [0, 0.1) is 0 Å². The molecule has 0 aliphatic rings. The molecule has 4 aromatic rings. The molecule has 0 bridgehead atoms. The maximum absolute atomic E-state index is 13.2. The molecule has 0 radical (unpaired) electrons. The fourth-order valence-electron chi connectivity index (χ4n) is 3.15. The summed E-state index contributed by atoms with van der Waals surface area (Å²) < 4.78 is 46.1. The van der Waals surface area contributed by atoms with Crippen molar-refractivity contribution in [1.29, 1.82) is 0 Å². The first kappa shape index (κ1) is 19.4. The Morgan fingerprint density at radius 1 is 1.13 bits per heavy atom. The Bertz CT molecular complexity index is 1290. The minimum Gasteiger partial charge on any atom is -0.458 e. The van der Waals surface area contributed by atoms with Gasteiger partial charge in [-0.3, -0.25) is 4.57 Å². The number of anilines is 1. The van der Waals surface area contributed by atoms with E-state index in [-0.39, 0.29) is 34.8 Å². The smallest absolute Gasteiger partial charge is 0.416 e. The summed E-state index contributed by atoms with van der Waals surface area (Å²) in [5.41, 5.74) is 6.68. The van der Waals surface area contributed by atoms with Crippen LogP contribution in [0.2, 0.25) is 0 Å². The average Bonchev–Trinajstić information content (AvgIpc) is 3.00. The van der Waals surface area contributed by atoms with Crippen LogP contribution in [-0.2, 0) is 10.9 Å². The van der Waals surface area contributed by atoms with Gasteiger partial charge < -0.3 is 10.5 Å². The van der Waals surface area contributed by atoms with Gasteiger partial charge in [0, 0.05) is 5.69 Å². The maximum atomic E-state index is 13.2. The Balaban J connectivity index is 2.04. The van der Waals surface area contributed by atoms with E-state index in [0.29, 0.717) is 11.0 Å². The average molecular weight is 412 g/mol. The fraction of sp³-hybridized carbons (Fsp3) is 0.0952. The molecule has 9 heteroatoms. The number of ether oxygens (including phenoxy) is 1. The number of rotatable bonds is 4. The number of fused-ring (bicyclic) bond motifs is 2. The van der Waals surface area contributed by atoms with Gasteiger partial charge in [-0.15, -0.1) is 0 Å². The molecule has 0 atom stereocenters. The van der Waals surface area contributed by atoms with Gasteiger partial charge in [-0.2, -0.15) is 13.2 Å². The third-order valence-electron chi connectivity index (χ3n) is 4.47. The van der Waals surface area contributed by atoms with Crippen molar-refractivity contribution >= 4 is 34.0 Å². The lowest BCUT2D eigenvalue weighted by atomic mass is 10.2. The second-order valence-electron chi connectivity index (χ2n) is 6.42. The Hall–Kier alpha value is -3.88. The molecule has 6 nitrogen and oxygen atoms in total. The molecule has 2 heterocycles. The molecular weight excluding hydrogens is 397 g/mol. The van der Waals surface area contributed by atoms with Crippen molar-refractivity contribution in [3.8, 4) is 5.69 Å². The summed E-state index contributed by atoms with van der Waals surface area (Å²) in [6.45, 7) is 3.43. The summed E-state index contributed by atoms with van der Waals surface area (Å²) in [7, 11) is 0. The number of esters is 1. The maximum Gasteiger partial charge on any atom is 0.416 e. The second-order valence-corrected chi connectivity index (χ2v) is 6.42. The summed E-state index contributed by atoms with van der Waals surface area (Å²) in [6.07, 6.45) is -3.15. The normalized spacial score (nSPS) is 11.7. The van der Waals surface area contributed by atoms with E-state index in [1.807, 2.05) is 0 Å². The number of para-hydroxylation sites is 2. The van der Waals surface area contributed by atoms with Gasteiger partial charge in [0.2, 0.25) is 0 Å². The van der Waals surface area contributed by atoms with E-state index in [0.717, 1.165) is 12.1 Å². The number of carbonyl (C=O) groups is 1. The van der Waals surface area contributed by atoms with Crippen molar-refractivity contribution in [1.82, 2.24) is 14.5 Å². The number of nitrogen functional groups attached to an aromatic ring is 1. The molecule has 0 aliphatic heterocycles. The molecular formula is C21H15F3N4O2. The number of hydrogen-bond donors (Lipinski definition) is 1. The van der Waals surface area contributed by atoms with Gasteiger partial charge in [0.15, 0.2) is 5.65 Å². The Labute approximate surface area is 168 Å². The SMILES string of the molecule is C=CCOC(=O)c1c(N)n(-c2cccc(C(F)(F)F)c2)c2nc3ccccc3nc12. The van der Waals surface area contributed by atoms with Gasteiger partial charge in [0.05, 0.1) is 16.6 Å². The van der Waals surface area contributed by atoms with Crippen molar-refractivity contribution in [3.05, 3.63) is 72.3 Å². The monoisotopic (exact) mass is 412 g/mol. The molecule has 0 saturated carbocycles. The molecule has 2 aromatic heterocycles. The van der Waals surface area contributed by atoms with Crippen LogP contribution in [0.25, 0.3) is 27.9 Å². The van der Waals surface area contributed by atoms with E-state index in [1.54, 1.807) is 24.3 Å². The number of nitrogens with two attached hydrogens (primary N) is 1. The minimum absolute atomic E-state index is 0.0600. The lowest BCUT2D eigenvalue weighted by molar-refractivity contribution is -0.137. The molecule has 0 unspecified atom stereocenters. The number of aromatic nitrogens is 3. The van der Waals surface area contributed by atoms with E-state index in [9.17, 15) is 18.0 Å². The first-order chi connectivity index (χ1) is 14.3. The predicted octanol–water partition coefficient (Wildman–Crippen LogP) is 4.52.